The van der Waals surface area contributed by atoms with Crippen molar-refractivity contribution in [1.29, 1.82) is 0 Å². The minimum atomic E-state index is -0.650. The zero-order chi connectivity index (χ0) is 12.1. The van der Waals surface area contributed by atoms with E-state index in [4.69, 9.17) is 11.6 Å². The molecule has 0 aliphatic heterocycles. The van der Waals surface area contributed by atoms with E-state index >= 15 is 0 Å². The summed E-state index contributed by atoms with van der Waals surface area (Å²) in [6.07, 6.45) is 0. The number of halogens is 1. The van der Waals surface area contributed by atoms with Crippen LogP contribution < -0.4 is 5.32 Å². The van der Waals surface area contributed by atoms with Crippen molar-refractivity contribution in [2.24, 2.45) is 0 Å². The predicted octanol–water partition coefficient (Wildman–Crippen LogP) is 1.84. The quantitative estimate of drug-likeness (QED) is 0.497. The fourth-order valence-electron chi connectivity index (χ4n) is 1.16. The minimum Gasteiger partial charge on any atom is -0.350 e. The second-order valence-corrected chi connectivity index (χ2v) is 3.87. The van der Waals surface area contributed by atoms with Crippen LogP contribution in [0.5, 0.6) is 0 Å². The number of nitro benzene ring substituents is 1. The maximum absolute atomic E-state index is 11.2. The molecule has 0 aromatic heterocycles. The molecule has 1 aromatic rings. The van der Waals surface area contributed by atoms with E-state index in [1.165, 1.54) is 13.0 Å². The van der Waals surface area contributed by atoms with Crippen LogP contribution in [0.4, 0.5) is 5.69 Å². The molecule has 0 fully saturated rings. The Morgan fingerprint density at radius 1 is 1.56 bits per heavy atom. The van der Waals surface area contributed by atoms with Gasteiger partial charge in [0.25, 0.3) is 5.69 Å². The monoisotopic (exact) mass is 242 g/mol. The number of amides is 1. The molecule has 1 rings (SSSR count). The first-order valence-electron chi connectivity index (χ1n) is 4.66. The lowest BCUT2D eigenvalue weighted by molar-refractivity contribution is -0.385. The van der Waals surface area contributed by atoms with Gasteiger partial charge in [-0.25, -0.2) is 0 Å². The number of carbonyl (C=O) groups is 1. The summed E-state index contributed by atoms with van der Waals surface area (Å²) in [6.45, 7) is 1.64. The van der Waals surface area contributed by atoms with Crippen LogP contribution in [-0.4, -0.2) is 16.2 Å². The average molecular weight is 243 g/mol. The van der Waals surface area contributed by atoms with Crippen molar-refractivity contribution in [3.05, 3.63) is 39.9 Å². The molecule has 5 nitrogen and oxygen atoms in total. The fourth-order valence-corrected chi connectivity index (χ4v) is 1.24. The number of nitro groups is 1. The van der Waals surface area contributed by atoms with E-state index in [0.29, 0.717) is 5.56 Å². The van der Waals surface area contributed by atoms with Crippen molar-refractivity contribution in [3.63, 3.8) is 0 Å². The van der Waals surface area contributed by atoms with Crippen LogP contribution in [0.25, 0.3) is 0 Å². The topological polar surface area (TPSA) is 72.2 Å². The Balaban J connectivity index is 2.74. The molecule has 0 saturated heterocycles. The molecule has 0 saturated carbocycles. The number of carbonyl (C=O) groups excluding carboxylic acids is 1. The summed E-state index contributed by atoms with van der Waals surface area (Å²) in [7, 11) is 0. The predicted molar refractivity (Wildman–Crippen MR) is 60.3 cm³/mol. The molecule has 86 valence electrons. The Bertz CT molecular complexity index is 407. The number of nitrogens with zero attached hydrogens (tertiary/aromatic N) is 1. The van der Waals surface area contributed by atoms with Gasteiger partial charge in [-0.1, -0.05) is 18.2 Å². The molecule has 0 aliphatic rings. The van der Waals surface area contributed by atoms with Gasteiger partial charge in [0.2, 0.25) is 5.91 Å². The second kappa shape index (κ2) is 5.46. The van der Waals surface area contributed by atoms with E-state index < -0.39 is 10.3 Å². The fraction of sp³-hybridized carbons (Fsp3) is 0.300. The molecular formula is C10H11ClN2O3. The number of benzene rings is 1. The first-order chi connectivity index (χ1) is 7.52. The zero-order valence-electron chi connectivity index (χ0n) is 8.64. The highest BCUT2D eigenvalue weighted by molar-refractivity contribution is 6.30. The van der Waals surface area contributed by atoms with Gasteiger partial charge in [-0.3, -0.25) is 14.9 Å². The van der Waals surface area contributed by atoms with Crippen molar-refractivity contribution in [2.45, 2.75) is 18.8 Å². The zero-order valence-corrected chi connectivity index (χ0v) is 9.40. The van der Waals surface area contributed by atoms with Gasteiger partial charge in [0, 0.05) is 18.2 Å². The molecule has 6 heteroatoms. The van der Waals surface area contributed by atoms with Crippen molar-refractivity contribution in [3.8, 4) is 0 Å². The van der Waals surface area contributed by atoms with Gasteiger partial charge in [-0.15, -0.1) is 11.6 Å². The molecule has 1 amide bonds. The van der Waals surface area contributed by atoms with Crippen LogP contribution >= 0.6 is 11.6 Å². The Morgan fingerprint density at radius 3 is 2.75 bits per heavy atom. The first-order valence-corrected chi connectivity index (χ1v) is 5.10. The van der Waals surface area contributed by atoms with Gasteiger partial charge in [-0.2, -0.15) is 0 Å². The molecule has 0 bridgehead atoms. The van der Waals surface area contributed by atoms with E-state index in [2.05, 4.69) is 5.32 Å². The Hall–Kier alpha value is -1.62. The highest BCUT2D eigenvalue weighted by Crippen LogP contribution is 2.17. The molecule has 0 aliphatic carbocycles. The van der Waals surface area contributed by atoms with E-state index in [9.17, 15) is 14.9 Å². The van der Waals surface area contributed by atoms with Gasteiger partial charge in [0.15, 0.2) is 0 Å². The number of hydrogen-bond acceptors (Lipinski definition) is 3. The average Bonchev–Trinajstić information content (AvgIpc) is 2.25. The molecule has 1 unspecified atom stereocenters. The second-order valence-electron chi connectivity index (χ2n) is 3.22. The third-order valence-electron chi connectivity index (χ3n) is 2.00. The highest BCUT2D eigenvalue weighted by Gasteiger charge is 2.14. The third kappa shape index (κ3) is 3.20. The third-order valence-corrected chi connectivity index (χ3v) is 2.20. The van der Waals surface area contributed by atoms with Crippen LogP contribution in [0.1, 0.15) is 12.5 Å². The summed E-state index contributed by atoms with van der Waals surface area (Å²) in [5.41, 5.74) is 0.447. The van der Waals surface area contributed by atoms with E-state index in [-0.39, 0.29) is 18.1 Å². The molecule has 16 heavy (non-hydrogen) atoms. The van der Waals surface area contributed by atoms with Crippen molar-refractivity contribution >= 4 is 23.2 Å². The summed E-state index contributed by atoms with van der Waals surface area (Å²) in [5, 5.41) is 12.5. The molecule has 0 spiro atoms. The number of para-hydroxylation sites is 1. The molecule has 0 radical (unpaired) electrons. The van der Waals surface area contributed by atoms with Crippen LogP contribution in [0.3, 0.4) is 0 Å². The number of nitrogens with one attached hydrogen (secondary N) is 1. The smallest absolute Gasteiger partial charge is 0.274 e. The van der Waals surface area contributed by atoms with Gasteiger partial charge in [0.05, 0.1) is 4.92 Å². The van der Waals surface area contributed by atoms with Crippen molar-refractivity contribution in [2.75, 3.05) is 0 Å². The number of rotatable bonds is 4. The van der Waals surface area contributed by atoms with Crippen LogP contribution in [0, 0.1) is 10.1 Å². The molecule has 0 heterocycles. The van der Waals surface area contributed by atoms with Crippen molar-refractivity contribution < 1.29 is 9.72 Å². The first kappa shape index (κ1) is 12.4. The van der Waals surface area contributed by atoms with E-state index in [0.717, 1.165) is 0 Å². The van der Waals surface area contributed by atoms with Crippen LogP contribution in [0.15, 0.2) is 24.3 Å². The Labute approximate surface area is 97.6 Å². The van der Waals surface area contributed by atoms with Crippen molar-refractivity contribution in [1.82, 2.24) is 5.32 Å². The Kier molecular flexibility index (Phi) is 4.25. The van der Waals surface area contributed by atoms with Crippen LogP contribution in [0.2, 0.25) is 0 Å². The van der Waals surface area contributed by atoms with Gasteiger partial charge in [0.1, 0.15) is 5.38 Å². The molecular weight excluding hydrogens is 232 g/mol. The van der Waals surface area contributed by atoms with Gasteiger partial charge < -0.3 is 5.32 Å². The summed E-state index contributed by atoms with van der Waals surface area (Å²) >= 11 is 5.55. The SMILES string of the molecule is CC(Cl)C(=O)NCc1ccccc1[N+](=O)[O-]. The lowest BCUT2D eigenvalue weighted by Gasteiger charge is -2.06. The van der Waals surface area contributed by atoms with Gasteiger partial charge >= 0.3 is 0 Å². The summed E-state index contributed by atoms with van der Waals surface area (Å²) in [5.74, 6) is -0.347. The molecule has 1 aromatic carbocycles. The van der Waals surface area contributed by atoms with Gasteiger partial charge in [-0.05, 0) is 6.92 Å². The number of alkyl halides is 1. The van der Waals surface area contributed by atoms with E-state index in [1.807, 2.05) is 0 Å². The lowest BCUT2D eigenvalue weighted by atomic mass is 10.2. The standard InChI is InChI=1S/C10H11ClN2O3/c1-7(11)10(14)12-6-8-4-2-3-5-9(8)13(15)16/h2-5,7H,6H2,1H3,(H,12,14). The summed E-state index contributed by atoms with van der Waals surface area (Å²) in [4.78, 5) is 21.4. The highest BCUT2D eigenvalue weighted by atomic mass is 35.5. The Morgan fingerprint density at radius 2 is 2.19 bits per heavy atom. The van der Waals surface area contributed by atoms with E-state index in [1.54, 1.807) is 18.2 Å². The molecule has 1 N–H and O–H groups in total. The lowest BCUT2D eigenvalue weighted by Crippen LogP contribution is -2.29. The normalized spacial score (nSPS) is 11.9. The summed E-state index contributed by atoms with van der Waals surface area (Å²) in [6, 6.07) is 6.25. The minimum absolute atomic E-state index is 0.00924. The summed E-state index contributed by atoms with van der Waals surface area (Å²) < 4.78 is 0. The largest absolute Gasteiger partial charge is 0.350 e. The molecule has 1 atom stereocenters. The van der Waals surface area contributed by atoms with Crippen LogP contribution in [-0.2, 0) is 11.3 Å². The number of hydrogen-bond donors (Lipinski definition) is 1. The maximum atomic E-state index is 11.2. The maximum Gasteiger partial charge on any atom is 0.274 e.